The number of carbonyl (C=O) groups excluding carboxylic acids is 3. The quantitative estimate of drug-likeness (QED) is 0.706. The number of benzene rings is 1. The third-order valence-electron chi connectivity index (χ3n) is 4.77. The van der Waals surface area contributed by atoms with Gasteiger partial charge in [0.05, 0.1) is 15.8 Å². The van der Waals surface area contributed by atoms with Gasteiger partial charge in [0, 0.05) is 17.9 Å². The second-order valence-corrected chi connectivity index (χ2v) is 9.10. The molecule has 30 heavy (non-hydrogen) atoms. The molecule has 0 aliphatic carbocycles. The van der Waals surface area contributed by atoms with Crippen LogP contribution >= 0.6 is 22.9 Å². The highest BCUT2D eigenvalue weighted by atomic mass is 35.5. The molecule has 2 N–H and O–H groups in total. The van der Waals surface area contributed by atoms with Crippen LogP contribution in [0.3, 0.4) is 0 Å². The Bertz CT molecular complexity index is 959. The van der Waals surface area contributed by atoms with Crippen molar-refractivity contribution < 1.29 is 19.1 Å². The largest absolute Gasteiger partial charge is 0.370 e. The van der Waals surface area contributed by atoms with Gasteiger partial charge in [-0.2, -0.15) is 0 Å². The van der Waals surface area contributed by atoms with E-state index in [0.717, 1.165) is 22.6 Å². The number of morpholine rings is 1. The van der Waals surface area contributed by atoms with Crippen molar-refractivity contribution in [3.05, 3.63) is 45.1 Å². The molecule has 0 spiro atoms. The summed E-state index contributed by atoms with van der Waals surface area (Å²) in [6.07, 6.45) is 0. The number of anilines is 2. The zero-order valence-electron chi connectivity index (χ0n) is 17.0. The van der Waals surface area contributed by atoms with E-state index < -0.39 is 6.04 Å². The summed E-state index contributed by atoms with van der Waals surface area (Å²) in [6, 6.07) is 7.95. The van der Waals surface area contributed by atoms with E-state index in [1.54, 1.807) is 23.1 Å². The zero-order valence-corrected chi connectivity index (χ0v) is 18.6. The van der Waals surface area contributed by atoms with Gasteiger partial charge in [-0.25, -0.2) is 0 Å². The molecule has 1 atom stereocenters. The first kappa shape index (κ1) is 22.3. The molecule has 0 bridgehead atoms. The van der Waals surface area contributed by atoms with E-state index in [1.807, 2.05) is 32.9 Å². The number of carbonyl (C=O) groups is 3. The molecule has 9 heteroatoms. The Balaban J connectivity index is 1.70. The van der Waals surface area contributed by atoms with E-state index in [-0.39, 0.29) is 30.2 Å². The van der Waals surface area contributed by atoms with Gasteiger partial charge in [-0.3, -0.25) is 14.4 Å². The zero-order chi connectivity index (χ0) is 21.8. The summed E-state index contributed by atoms with van der Waals surface area (Å²) in [5.41, 5.74) is 2.26. The molecule has 7 nitrogen and oxygen atoms in total. The number of ether oxygens (including phenoxy) is 1. The number of amides is 3. The van der Waals surface area contributed by atoms with Gasteiger partial charge in [0.15, 0.2) is 0 Å². The van der Waals surface area contributed by atoms with Gasteiger partial charge in [0.2, 0.25) is 5.91 Å². The molecular weight excluding hydrogens is 426 g/mol. The topological polar surface area (TPSA) is 87.7 Å². The van der Waals surface area contributed by atoms with Crippen LogP contribution in [-0.2, 0) is 14.3 Å². The van der Waals surface area contributed by atoms with Crippen molar-refractivity contribution in [2.45, 2.75) is 26.8 Å². The van der Waals surface area contributed by atoms with Crippen LogP contribution in [0.4, 0.5) is 11.4 Å². The van der Waals surface area contributed by atoms with Crippen molar-refractivity contribution >= 4 is 52.0 Å². The van der Waals surface area contributed by atoms with Crippen molar-refractivity contribution in [1.82, 2.24) is 5.32 Å². The molecule has 1 aliphatic heterocycles. The van der Waals surface area contributed by atoms with Crippen LogP contribution in [0.5, 0.6) is 0 Å². The summed E-state index contributed by atoms with van der Waals surface area (Å²) in [5.74, 6) is -0.846. The minimum absolute atomic E-state index is 0.0726. The molecule has 3 amide bonds. The number of hydrogen-bond acceptors (Lipinski definition) is 5. The molecule has 0 saturated carbocycles. The number of thiophene rings is 1. The standard InChI is InChI=1S/C21H24ClN3O4S/c1-12(2)19(24-20(27)16-6-7-17(22)30-16)21(28)23-14-4-5-15(13(3)10-14)25-8-9-29-11-18(25)26/h4-7,10,12,19H,8-9,11H2,1-3H3,(H,23,28)(H,24,27). The molecule has 1 aromatic heterocycles. The first-order valence-electron chi connectivity index (χ1n) is 9.62. The Labute approximate surface area is 184 Å². The van der Waals surface area contributed by atoms with E-state index in [1.165, 1.54) is 0 Å². The highest BCUT2D eigenvalue weighted by Crippen LogP contribution is 2.25. The highest BCUT2D eigenvalue weighted by Gasteiger charge is 2.26. The maximum atomic E-state index is 12.8. The van der Waals surface area contributed by atoms with Crippen LogP contribution in [0.2, 0.25) is 4.34 Å². The van der Waals surface area contributed by atoms with E-state index in [0.29, 0.717) is 28.1 Å². The monoisotopic (exact) mass is 449 g/mol. The Morgan fingerprint density at radius 3 is 2.60 bits per heavy atom. The summed E-state index contributed by atoms with van der Waals surface area (Å²) in [4.78, 5) is 39.5. The summed E-state index contributed by atoms with van der Waals surface area (Å²) < 4.78 is 5.69. The molecule has 3 rings (SSSR count). The normalized spacial score (nSPS) is 15.2. The number of aryl methyl sites for hydroxylation is 1. The summed E-state index contributed by atoms with van der Waals surface area (Å²) in [6.45, 7) is 6.68. The van der Waals surface area contributed by atoms with Gasteiger partial charge in [0.25, 0.3) is 11.8 Å². The lowest BCUT2D eigenvalue weighted by Crippen LogP contribution is -2.47. The van der Waals surface area contributed by atoms with Gasteiger partial charge in [-0.05, 0) is 48.7 Å². The third-order valence-corrected chi connectivity index (χ3v) is 6.00. The van der Waals surface area contributed by atoms with Crippen LogP contribution in [0.25, 0.3) is 0 Å². The third kappa shape index (κ3) is 5.19. The number of rotatable bonds is 6. The van der Waals surface area contributed by atoms with Crippen molar-refractivity contribution in [2.75, 3.05) is 30.0 Å². The number of nitrogens with one attached hydrogen (secondary N) is 2. The summed E-state index contributed by atoms with van der Waals surface area (Å²) in [5, 5.41) is 5.65. The fourth-order valence-electron chi connectivity index (χ4n) is 3.21. The Morgan fingerprint density at radius 2 is 2.00 bits per heavy atom. The Hall–Kier alpha value is -2.42. The molecule has 2 heterocycles. The number of nitrogens with zero attached hydrogens (tertiary/aromatic N) is 1. The van der Waals surface area contributed by atoms with Crippen molar-refractivity contribution in [3.8, 4) is 0 Å². The molecule has 1 aromatic carbocycles. The molecule has 1 saturated heterocycles. The van der Waals surface area contributed by atoms with Crippen LogP contribution in [0.15, 0.2) is 30.3 Å². The van der Waals surface area contributed by atoms with E-state index in [9.17, 15) is 14.4 Å². The fourth-order valence-corrected chi connectivity index (χ4v) is 4.16. The second-order valence-electron chi connectivity index (χ2n) is 7.39. The second kappa shape index (κ2) is 9.59. The Kier molecular flexibility index (Phi) is 7.12. The SMILES string of the molecule is Cc1cc(NC(=O)C(NC(=O)c2ccc(Cl)s2)C(C)C)ccc1N1CCOCC1=O. The maximum Gasteiger partial charge on any atom is 0.262 e. The molecule has 2 aromatic rings. The lowest BCUT2D eigenvalue weighted by molar-refractivity contribution is -0.125. The smallest absolute Gasteiger partial charge is 0.262 e. The fraction of sp³-hybridized carbons (Fsp3) is 0.381. The van der Waals surface area contributed by atoms with Gasteiger partial charge < -0.3 is 20.3 Å². The Morgan fingerprint density at radius 1 is 1.23 bits per heavy atom. The maximum absolute atomic E-state index is 12.8. The van der Waals surface area contributed by atoms with Gasteiger partial charge in [0.1, 0.15) is 12.6 Å². The molecule has 1 unspecified atom stereocenters. The molecule has 1 aliphatic rings. The van der Waals surface area contributed by atoms with E-state index in [2.05, 4.69) is 10.6 Å². The first-order valence-corrected chi connectivity index (χ1v) is 10.8. The molecular formula is C21H24ClN3O4S. The lowest BCUT2D eigenvalue weighted by Gasteiger charge is -2.28. The molecule has 160 valence electrons. The summed E-state index contributed by atoms with van der Waals surface area (Å²) in [7, 11) is 0. The predicted octanol–water partition coefficient (Wildman–Crippen LogP) is 3.47. The molecule has 0 radical (unpaired) electrons. The van der Waals surface area contributed by atoms with Crippen LogP contribution in [0, 0.1) is 12.8 Å². The van der Waals surface area contributed by atoms with Crippen LogP contribution in [0.1, 0.15) is 29.1 Å². The average Bonchev–Trinajstić information content (AvgIpc) is 3.13. The van der Waals surface area contributed by atoms with E-state index in [4.69, 9.17) is 16.3 Å². The predicted molar refractivity (Wildman–Crippen MR) is 118 cm³/mol. The average molecular weight is 450 g/mol. The van der Waals surface area contributed by atoms with Gasteiger partial charge in [-0.1, -0.05) is 25.4 Å². The number of hydrogen-bond donors (Lipinski definition) is 2. The van der Waals surface area contributed by atoms with Crippen LogP contribution in [-0.4, -0.2) is 43.5 Å². The minimum Gasteiger partial charge on any atom is -0.370 e. The highest BCUT2D eigenvalue weighted by molar-refractivity contribution is 7.18. The first-order chi connectivity index (χ1) is 14.3. The minimum atomic E-state index is -0.709. The van der Waals surface area contributed by atoms with E-state index >= 15 is 0 Å². The lowest BCUT2D eigenvalue weighted by atomic mass is 10.0. The van der Waals surface area contributed by atoms with Crippen molar-refractivity contribution in [1.29, 1.82) is 0 Å². The number of halogens is 1. The molecule has 1 fully saturated rings. The van der Waals surface area contributed by atoms with Crippen molar-refractivity contribution in [3.63, 3.8) is 0 Å². The summed E-state index contributed by atoms with van der Waals surface area (Å²) >= 11 is 7.06. The van der Waals surface area contributed by atoms with Gasteiger partial charge >= 0.3 is 0 Å². The van der Waals surface area contributed by atoms with Crippen molar-refractivity contribution in [2.24, 2.45) is 5.92 Å². The van der Waals surface area contributed by atoms with Gasteiger partial charge in [-0.15, -0.1) is 11.3 Å². The van der Waals surface area contributed by atoms with Crippen LogP contribution < -0.4 is 15.5 Å².